The number of rotatable bonds is 5. The molecule has 0 aromatic heterocycles. The van der Waals surface area contributed by atoms with Gasteiger partial charge in [-0.05, 0) is 19.4 Å². The lowest BCUT2D eigenvalue weighted by Gasteiger charge is -2.07. The molecule has 0 radical (unpaired) electrons. The van der Waals surface area contributed by atoms with E-state index in [4.69, 9.17) is 5.11 Å². The lowest BCUT2D eigenvalue weighted by Crippen LogP contribution is -2.26. The molecule has 0 amide bonds. The molecule has 0 saturated carbocycles. The van der Waals surface area contributed by atoms with Crippen LogP contribution in [0, 0.1) is 0 Å². The zero-order valence-electron chi connectivity index (χ0n) is 6.35. The van der Waals surface area contributed by atoms with E-state index in [1.165, 1.54) is 0 Å². The van der Waals surface area contributed by atoms with E-state index in [1.54, 1.807) is 0 Å². The Balaban J connectivity index is 2.88. The predicted octanol–water partition coefficient (Wildman–Crippen LogP) is 0.757. The monoisotopic (exact) mass is 131 g/mol. The Labute approximate surface area is 57.3 Å². The van der Waals surface area contributed by atoms with Crippen LogP contribution in [0.15, 0.2) is 0 Å². The van der Waals surface area contributed by atoms with Crippen LogP contribution in [0.5, 0.6) is 0 Å². The number of hydrogen-bond donors (Lipinski definition) is 2. The Bertz CT molecular complexity index is 56.9. The summed E-state index contributed by atoms with van der Waals surface area (Å²) in [4.78, 5) is 0. The molecule has 0 aliphatic carbocycles. The summed E-state index contributed by atoms with van der Waals surface area (Å²) in [6.45, 7) is 5.85. The first-order valence-corrected chi connectivity index (χ1v) is 3.70. The SMILES string of the molecule is CCCNC[C@@H](O)CC. The first-order valence-electron chi connectivity index (χ1n) is 3.70. The molecule has 0 unspecified atom stereocenters. The van der Waals surface area contributed by atoms with Gasteiger partial charge in [0.05, 0.1) is 6.10 Å². The average Bonchev–Trinajstić information content (AvgIpc) is 1.89. The third kappa shape index (κ3) is 5.80. The van der Waals surface area contributed by atoms with Crippen LogP contribution < -0.4 is 5.32 Å². The van der Waals surface area contributed by atoms with Crippen LogP contribution in [0.2, 0.25) is 0 Å². The molecule has 0 spiro atoms. The van der Waals surface area contributed by atoms with E-state index in [9.17, 15) is 0 Å². The first-order chi connectivity index (χ1) is 4.31. The molecule has 0 saturated heterocycles. The molecule has 2 N–H and O–H groups in total. The third-order valence-corrected chi connectivity index (χ3v) is 1.28. The Kier molecular flexibility index (Phi) is 5.99. The summed E-state index contributed by atoms with van der Waals surface area (Å²) >= 11 is 0. The van der Waals surface area contributed by atoms with Gasteiger partial charge in [-0.1, -0.05) is 13.8 Å². The van der Waals surface area contributed by atoms with Crippen molar-refractivity contribution < 1.29 is 5.11 Å². The van der Waals surface area contributed by atoms with Crippen molar-refractivity contribution in [3.05, 3.63) is 0 Å². The molecule has 0 fully saturated rings. The first kappa shape index (κ1) is 8.92. The van der Waals surface area contributed by atoms with Crippen molar-refractivity contribution in [2.45, 2.75) is 32.8 Å². The molecule has 56 valence electrons. The third-order valence-electron chi connectivity index (χ3n) is 1.28. The molecule has 0 rings (SSSR count). The van der Waals surface area contributed by atoms with E-state index in [0.717, 1.165) is 25.9 Å². The van der Waals surface area contributed by atoms with Crippen LogP contribution in [0.1, 0.15) is 26.7 Å². The normalized spacial score (nSPS) is 13.7. The quantitative estimate of drug-likeness (QED) is 0.540. The van der Waals surface area contributed by atoms with Gasteiger partial charge in [0, 0.05) is 6.54 Å². The largest absolute Gasteiger partial charge is 0.392 e. The molecule has 0 heterocycles. The molecular formula is C7H17NO. The van der Waals surface area contributed by atoms with Crippen LogP contribution in [0.25, 0.3) is 0 Å². The number of hydrogen-bond acceptors (Lipinski definition) is 2. The van der Waals surface area contributed by atoms with Crippen molar-refractivity contribution in [1.29, 1.82) is 0 Å². The second-order valence-electron chi connectivity index (χ2n) is 2.27. The minimum Gasteiger partial charge on any atom is -0.392 e. The molecule has 2 heteroatoms. The molecule has 0 aliphatic rings. The standard InChI is InChI=1S/C7H17NO/c1-3-5-8-6-7(9)4-2/h7-9H,3-6H2,1-2H3/t7-/m0/s1. The smallest absolute Gasteiger partial charge is 0.0662 e. The zero-order chi connectivity index (χ0) is 7.11. The van der Waals surface area contributed by atoms with Crippen LogP contribution in [0.4, 0.5) is 0 Å². The van der Waals surface area contributed by atoms with E-state index in [1.807, 2.05) is 6.92 Å². The minimum absolute atomic E-state index is 0.156. The molecule has 0 bridgehead atoms. The highest BCUT2D eigenvalue weighted by molar-refractivity contribution is 4.55. The molecular weight excluding hydrogens is 114 g/mol. The van der Waals surface area contributed by atoms with Crippen molar-refractivity contribution in [3.8, 4) is 0 Å². The van der Waals surface area contributed by atoms with E-state index in [0.29, 0.717) is 0 Å². The van der Waals surface area contributed by atoms with Gasteiger partial charge in [-0.25, -0.2) is 0 Å². The van der Waals surface area contributed by atoms with Gasteiger partial charge in [0.25, 0.3) is 0 Å². The summed E-state index contributed by atoms with van der Waals surface area (Å²) in [7, 11) is 0. The van der Waals surface area contributed by atoms with Gasteiger partial charge in [0.15, 0.2) is 0 Å². The van der Waals surface area contributed by atoms with Crippen molar-refractivity contribution in [1.82, 2.24) is 5.32 Å². The Morgan fingerprint density at radius 2 is 2.11 bits per heavy atom. The lowest BCUT2D eigenvalue weighted by atomic mass is 10.3. The Morgan fingerprint density at radius 1 is 1.44 bits per heavy atom. The van der Waals surface area contributed by atoms with Gasteiger partial charge >= 0.3 is 0 Å². The van der Waals surface area contributed by atoms with Gasteiger partial charge in [-0.15, -0.1) is 0 Å². The van der Waals surface area contributed by atoms with Crippen molar-refractivity contribution in [2.24, 2.45) is 0 Å². The molecule has 2 nitrogen and oxygen atoms in total. The molecule has 9 heavy (non-hydrogen) atoms. The summed E-state index contributed by atoms with van der Waals surface area (Å²) in [6.07, 6.45) is 1.82. The number of nitrogens with one attached hydrogen (secondary N) is 1. The van der Waals surface area contributed by atoms with Gasteiger partial charge in [0.1, 0.15) is 0 Å². The van der Waals surface area contributed by atoms with Crippen molar-refractivity contribution in [2.75, 3.05) is 13.1 Å². The van der Waals surface area contributed by atoms with Crippen LogP contribution in [-0.2, 0) is 0 Å². The molecule has 0 aromatic rings. The summed E-state index contributed by atoms with van der Waals surface area (Å²) in [5.74, 6) is 0. The van der Waals surface area contributed by atoms with Gasteiger partial charge < -0.3 is 10.4 Å². The van der Waals surface area contributed by atoms with E-state index in [2.05, 4.69) is 12.2 Å². The summed E-state index contributed by atoms with van der Waals surface area (Å²) in [5, 5.41) is 12.2. The fourth-order valence-electron chi connectivity index (χ4n) is 0.590. The van der Waals surface area contributed by atoms with Crippen molar-refractivity contribution >= 4 is 0 Å². The second-order valence-corrected chi connectivity index (χ2v) is 2.27. The predicted molar refractivity (Wildman–Crippen MR) is 39.5 cm³/mol. The summed E-state index contributed by atoms with van der Waals surface area (Å²) in [6, 6.07) is 0. The fourth-order valence-corrected chi connectivity index (χ4v) is 0.590. The van der Waals surface area contributed by atoms with Crippen LogP contribution >= 0.6 is 0 Å². The Hall–Kier alpha value is -0.0800. The highest BCUT2D eigenvalue weighted by Gasteiger charge is 1.96. The second kappa shape index (κ2) is 6.05. The minimum atomic E-state index is -0.156. The molecule has 1 atom stereocenters. The summed E-state index contributed by atoms with van der Waals surface area (Å²) in [5.41, 5.74) is 0. The average molecular weight is 131 g/mol. The van der Waals surface area contributed by atoms with Gasteiger partial charge in [-0.3, -0.25) is 0 Å². The van der Waals surface area contributed by atoms with E-state index < -0.39 is 0 Å². The van der Waals surface area contributed by atoms with Crippen LogP contribution in [-0.4, -0.2) is 24.3 Å². The van der Waals surface area contributed by atoms with E-state index in [-0.39, 0.29) is 6.10 Å². The van der Waals surface area contributed by atoms with Crippen LogP contribution in [0.3, 0.4) is 0 Å². The van der Waals surface area contributed by atoms with Gasteiger partial charge in [-0.2, -0.15) is 0 Å². The maximum absolute atomic E-state index is 9.02. The highest BCUT2D eigenvalue weighted by atomic mass is 16.3. The lowest BCUT2D eigenvalue weighted by molar-refractivity contribution is 0.167. The molecule has 0 aromatic carbocycles. The number of aliphatic hydroxyl groups excluding tert-OH is 1. The number of aliphatic hydroxyl groups is 1. The van der Waals surface area contributed by atoms with Crippen molar-refractivity contribution in [3.63, 3.8) is 0 Å². The zero-order valence-corrected chi connectivity index (χ0v) is 6.35. The highest BCUT2D eigenvalue weighted by Crippen LogP contribution is 1.85. The Morgan fingerprint density at radius 3 is 2.56 bits per heavy atom. The topological polar surface area (TPSA) is 32.3 Å². The fraction of sp³-hybridized carbons (Fsp3) is 1.00. The maximum atomic E-state index is 9.02. The maximum Gasteiger partial charge on any atom is 0.0662 e. The van der Waals surface area contributed by atoms with Gasteiger partial charge in [0.2, 0.25) is 0 Å². The van der Waals surface area contributed by atoms with E-state index >= 15 is 0 Å². The summed E-state index contributed by atoms with van der Waals surface area (Å²) < 4.78 is 0. The molecule has 0 aliphatic heterocycles.